The fourth-order valence-electron chi connectivity index (χ4n) is 1.95. The maximum absolute atomic E-state index is 5.91. The number of halogens is 1. The zero-order valence-corrected chi connectivity index (χ0v) is 8.72. The minimum atomic E-state index is 0.310. The molecule has 0 saturated heterocycles. The molecule has 6 heteroatoms. The number of rotatable bonds is 1. The Morgan fingerprint density at radius 2 is 2.13 bits per heavy atom. The van der Waals surface area contributed by atoms with Crippen molar-refractivity contribution in [3.8, 4) is 0 Å². The Morgan fingerprint density at radius 1 is 1.33 bits per heavy atom. The van der Waals surface area contributed by atoms with Crippen LogP contribution in [0.5, 0.6) is 0 Å². The van der Waals surface area contributed by atoms with E-state index in [1.54, 1.807) is 6.33 Å². The quantitative estimate of drug-likeness (QED) is 0.737. The highest BCUT2D eigenvalue weighted by atomic mass is 35.5. The molecule has 1 saturated carbocycles. The lowest BCUT2D eigenvalue weighted by Crippen LogP contribution is -2.37. The van der Waals surface area contributed by atoms with Crippen LogP contribution < -0.4 is 5.73 Å². The van der Waals surface area contributed by atoms with Crippen molar-refractivity contribution in [3.05, 3.63) is 17.8 Å². The molecule has 0 spiro atoms. The molecule has 5 nitrogen and oxygen atoms in total. The molecule has 0 bridgehead atoms. The number of imidazole rings is 1. The molecule has 1 aliphatic rings. The molecule has 3 rings (SSSR count). The van der Waals surface area contributed by atoms with Gasteiger partial charge in [0, 0.05) is 12.1 Å². The predicted octanol–water partition coefficient (Wildman–Crippen LogP) is 1.14. The van der Waals surface area contributed by atoms with E-state index in [1.807, 2.05) is 4.57 Å². The van der Waals surface area contributed by atoms with Crippen molar-refractivity contribution in [2.24, 2.45) is 5.73 Å². The van der Waals surface area contributed by atoms with Crippen LogP contribution in [0.25, 0.3) is 11.2 Å². The zero-order valence-electron chi connectivity index (χ0n) is 7.97. The van der Waals surface area contributed by atoms with E-state index < -0.39 is 0 Å². The monoisotopic (exact) mass is 223 g/mol. The smallest absolute Gasteiger partial charge is 0.165 e. The minimum Gasteiger partial charge on any atom is -0.328 e. The molecule has 0 aliphatic heterocycles. The molecule has 2 heterocycles. The van der Waals surface area contributed by atoms with Crippen molar-refractivity contribution in [1.82, 2.24) is 19.5 Å². The van der Waals surface area contributed by atoms with Gasteiger partial charge in [0.25, 0.3) is 0 Å². The summed E-state index contributed by atoms with van der Waals surface area (Å²) < 4.78 is 2.03. The van der Waals surface area contributed by atoms with E-state index >= 15 is 0 Å². The molecule has 1 fully saturated rings. The van der Waals surface area contributed by atoms with Gasteiger partial charge in [0.1, 0.15) is 11.8 Å². The molecular weight excluding hydrogens is 214 g/mol. The Balaban J connectivity index is 2.09. The van der Waals surface area contributed by atoms with Gasteiger partial charge in [-0.05, 0) is 12.8 Å². The Labute approximate surface area is 91.3 Å². The van der Waals surface area contributed by atoms with Gasteiger partial charge in [-0.15, -0.1) is 0 Å². The van der Waals surface area contributed by atoms with E-state index in [1.165, 1.54) is 6.33 Å². The van der Waals surface area contributed by atoms with E-state index in [-0.39, 0.29) is 0 Å². The van der Waals surface area contributed by atoms with Gasteiger partial charge in [0.15, 0.2) is 10.8 Å². The molecule has 1 aliphatic carbocycles. The van der Waals surface area contributed by atoms with Crippen molar-refractivity contribution in [1.29, 1.82) is 0 Å². The van der Waals surface area contributed by atoms with E-state index in [4.69, 9.17) is 17.3 Å². The summed E-state index contributed by atoms with van der Waals surface area (Å²) in [6, 6.07) is 0.723. The van der Waals surface area contributed by atoms with E-state index in [0.29, 0.717) is 22.8 Å². The predicted molar refractivity (Wildman–Crippen MR) is 56.6 cm³/mol. The van der Waals surface area contributed by atoms with Crippen LogP contribution >= 0.6 is 11.6 Å². The fraction of sp³-hybridized carbons (Fsp3) is 0.444. The van der Waals surface area contributed by atoms with Crippen LogP contribution in [-0.4, -0.2) is 25.6 Å². The van der Waals surface area contributed by atoms with Crippen LogP contribution in [0, 0.1) is 0 Å². The maximum Gasteiger partial charge on any atom is 0.165 e. The van der Waals surface area contributed by atoms with Gasteiger partial charge in [-0.3, -0.25) is 0 Å². The molecule has 2 aromatic heterocycles. The highest BCUT2D eigenvalue weighted by Gasteiger charge is 2.28. The van der Waals surface area contributed by atoms with Gasteiger partial charge in [-0.2, -0.15) is 0 Å². The lowest BCUT2D eigenvalue weighted by molar-refractivity contribution is 0.271. The first-order chi connectivity index (χ1) is 7.25. The Morgan fingerprint density at radius 3 is 2.87 bits per heavy atom. The van der Waals surface area contributed by atoms with E-state index in [9.17, 15) is 0 Å². The summed E-state index contributed by atoms with van der Waals surface area (Å²) >= 11 is 5.91. The number of fused-ring (bicyclic) bond motifs is 1. The summed E-state index contributed by atoms with van der Waals surface area (Å²) in [6.07, 6.45) is 5.18. The van der Waals surface area contributed by atoms with Gasteiger partial charge in [-0.1, -0.05) is 11.6 Å². The molecule has 0 radical (unpaired) electrons. The lowest BCUT2D eigenvalue weighted by atomic mass is 9.87. The highest BCUT2D eigenvalue weighted by molar-refractivity contribution is 6.33. The van der Waals surface area contributed by atoms with Crippen LogP contribution in [0.1, 0.15) is 18.9 Å². The Bertz CT molecular complexity index is 502. The van der Waals surface area contributed by atoms with E-state index in [0.717, 1.165) is 18.5 Å². The third kappa shape index (κ3) is 1.31. The second-order valence-corrected chi connectivity index (χ2v) is 4.23. The minimum absolute atomic E-state index is 0.310. The third-order valence-electron chi connectivity index (χ3n) is 2.86. The van der Waals surface area contributed by atoms with Crippen LogP contribution in [0.3, 0.4) is 0 Å². The maximum atomic E-state index is 5.91. The largest absolute Gasteiger partial charge is 0.328 e. The molecule has 0 aromatic carbocycles. The molecule has 0 amide bonds. The summed E-state index contributed by atoms with van der Waals surface area (Å²) in [4.78, 5) is 12.3. The number of nitrogens with two attached hydrogens (primary N) is 1. The molecule has 0 atom stereocenters. The molecule has 2 N–H and O–H groups in total. The fourth-order valence-corrected chi connectivity index (χ4v) is 2.12. The molecule has 78 valence electrons. The average molecular weight is 224 g/mol. The van der Waals surface area contributed by atoms with Crippen LogP contribution in [0.4, 0.5) is 0 Å². The number of hydrogen-bond acceptors (Lipinski definition) is 4. The number of hydrogen-bond donors (Lipinski definition) is 1. The van der Waals surface area contributed by atoms with Gasteiger partial charge in [-0.25, -0.2) is 15.0 Å². The summed E-state index contributed by atoms with van der Waals surface area (Å²) in [5.41, 5.74) is 7.22. The standard InChI is InChI=1S/C9H10ClN5/c10-8-7-9(13-3-12-8)15(4-14-7)6-1-5(11)2-6/h3-6H,1-2,11H2. The first kappa shape index (κ1) is 9.06. The summed E-state index contributed by atoms with van der Waals surface area (Å²) in [7, 11) is 0. The normalized spacial score (nSPS) is 25.5. The zero-order chi connectivity index (χ0) is 10.4. The van der Waals surface area contributed by atoms with Gasteiger partial charge in [0.05, 0.1) is 6.33 Å². The molecule has 0 unspecified atom stereocenters. The van der Waals surface area contributed by atoms with Crippen molar-refractivity contribution < 1.29 is 0 Å². The molecular formula is C9H10ClN5. The van der Waals surface area contributed by atoms with Gasteiger partial charge >= 0.3 is 0 Å². The second-order valence-electron chi connectivity index (χ2n) is 3.87. The highest BCUT2D eigenvalue weighted by Crippen LogP contribution is 2.33. The van der Waals surface area contributed by atoms with Crippen molar-refractivity contribution in [2.75, 3.05) is 0 Å². The van der Waals surface area contributed by atoms with Crippen LogP contribution in [0.2, 0.25) is 5.15 Å². The van der Waals surface area contributed by atoms with Crippen LogP contribution in [-0.2, 0) is 0 Å². The van der Waals surface area contributed by atoms with Crippen molar-refractivity contribution >= 4 is 22.8 Å². The second kappa shape index (κ2) is 3.15. The topological polar surface area (TPSA) is 69.6 Å². The Kier molecular flexibility index (Phi) is 1.90. The van der Waals surface area contributed by atoms with E-state index in [2.05, 4.69) is 15.0 Å². The average Bonchev–Trinajstić information content (AvgIpc) is 2.58. The molecule has 15 heavy (non-hydrogen) atoms. The van der Waals surface area contributed by atoms with Crippen LogP contribution in [0.15, 0.2) is 12.7 Å². The summed E-state index contributed by atoms with van der Waals surface area (Å²) in [6.45, 7) is 0. The first-order valence-electron chi connectivity index (χ1n) is 4.84. The van der Waals surface area contributed by atoms with Gasteiger partial charge < -0.3 is 10.3 Å². The Hall–Kier alpha value is -1.20. The molecule has 2 aromatic rings. The van der Waals surface area contributed by atoms with Crippen molar-refractivity contribution in [3.63, 3.8) is 0 Å². The van der Waals surface area contributed by atoms with Crippen molar-refractivity contribution in [2.45, 2.75) is 24.9 Å². The first-order valence-corrected chi connectivity index (χ1v) is 5.22. The number of nitrogens with zero attached hydrogens (tertiary/aromatic N) is 4. The third-order valence-corrected chi connectivity index (χ3v) is 3.13. The lowest BCUT2D eigenvalue weighted by Gasteiger charge is -2.33. The SMILES string of the molecule is NC1CC(n2cnc3c(Cl)ncnc32)C1. The summed E-state index contributed by atoms with van der Waals surface area (Å²) in [5.74, 6) is 0. The number of aromatic nitrogens is 4. The summed E-state index contributed by atoms with van der Waals surface area (Å²) in [5, 5.41) is 0.405. The van der Waals surface area contributed by atoms with Gasteiger partial charge in [0.2, 0.25) is 0 Å².